The molecule has 0 aliphatic heterocycles. The number of benzene rings is 1. The van der Waals surface area contributed by atoms with E-state index in [0.29, 0.717) is 30.6 Å². The molecule has 0 aromatic heterocycles. The van der Waals surface area contributed by atoms with Crippen LogP contribution in [0.5, 0.6) is 5.75 Å². The van der Waals surface area contributed by atoms with Crippen LogP contribution >= 0.6 is 11.6 Å². The minimum atomic E-state index is -3.92. The van der Waals surface area contributed by atoms with Crippen LogP contribution in [0.15, 0.2) is 53.2 Å². The first-order valence-electron chi connectivity index (χ1n) is 7.33. The Morgan fingerprint density at radius 1 is 1.17 bits per heavy atom. The highest BCUT2D eigenvalue weighted by Crippen LogP contribution is 2.28. The van der Waals surface area contributed by atoms with E-state index in [-0.39, 0.29) is 22.1 Å². The van der Waals surface area contributed by atoms with Gasteiger partial charge in [0.2, 0.25) is 9.84 Å². The van der Waals surface area contributed by atoms with Gasteiger partial charge < -0.3 is 4.74 Å². The lowest BCUT2D eigenvalue weighted by Gasteiger charge is -2.12. The van der Waals surface area contributed by atoms with Gasteiger partial charge in [-0.1, -0.05) is 18.2 Å². The summed E-state index contributed by atoms with van der Waals surface area (Å²) < 4.78 is 55.3. The second kappa shape index (κ2) is 7.94. The van der Waals surface area contributed by atoms with Crippen molar-refractivity contribution in [3.8, 4) is 5.75 Å². The maximum Gasteiger partial charge on any atom is 0.203 e. The lowest BCUT2D eigenvalue weighted by molar-refractivity contribution is 0.428. The van der Waals surface area contributed by atoms with E-state index in [0.717, 1.165) is 12.1 Å². The number of ether oxygens (including phenoxy) is 1. The second-order valence-electron chi connectivity index (χ2n) is 5.41. The molecule has 0 saturated carbocycles. The van der Waals surface area contributed by atoms with Gasteiger partial charge in [0.1, 0.15) is 17.3 Å². The third-order valence-corrected chi connectivity index (χ3v) is 5.17. The Morgan fingerprint density at radius 3 is 2.54 bits per heavy atom. The first kappa shape index (κ1) is 18.7. The maximum atomic E-state index is 13.4. The van der Waals surface area contributed by atoms with Gasteiger partial charge in [0.15, 0.2) is 6.01 Å². The zero-order valence-corrected chi connectivity index (χ0v) is 14.5. The first-order valence-corrected chi connectivity index (χ1v) is 9.36. The van der Waals surface area contributed by atoms with E-state index in [1.807, 2.05) is 0 Å². The quantitative estimate of drug-likeness (QED) is 0.736. The van der Waals surface area contributed by atoms with Crippen LogP contribution in [0.3, 0.4) is 0 Å². The number of sulfone groups is 1. The van der Waals surface area contributed by atoms with Gasteiger partial charge in [-0.3, -0.25) is 0 Å². The van der Waals surface area contributed by atoms with E-state index in [2.05, 4.69) is 6.58 Å². The third-order valence-electron chi connectivity index (χ3n) is 3.53. The van der Waals surface area contributed by atoms with Gasteiger partial charge in [0.05, 0.1) is 0 Å². The van der Waals surface area contributed by atoms with Crippen LogP contribution in [-0.4, -0.2) is 14.4 Å². The molecule has 0 heterocycles. The fourth-order valence-electron chi connectivity index (χ4n) is 2.28. The molecular formula is C17H17ClF2O3S. The largest absolute Gasteiger partial charge is 0.457 e. The molecule has 0 radical (unpaired) electrons. The number of allylic oxidation sites excluding steroid dienone is 4. The smallest absolute Gasteiger partial charge is 0.203 e. The molecule has 2 rings (SSSR count). The lowest BCUT2D eigenvalue weighted by Crippen LogP contribution is -2.05. The van der Waals surface area contributed by atoms with Crippen LogP contribution in [-0.2, 0) is 9.84 Å². The zero-order chi connectivity index (χ0) is 17.7. The summed E-state index contributed by atoms with van der Waals surface area (Å²) in [5.74, 6) is -0.0805. The Hall–Kier alpha value is -1.66. The predicted octanol–water partition coefficient (Wildman–Crippen LogP) is 5.10. The normalized spacial score (nSPS) is 18.7. The summed E-state index contributed by atoms with van der Waals surface area (Å²) in [4.78, 5) is 0.0121. The summed E-state index contributed by atoms with van der Waals surface area (Å²) >= 11 is 5.80. The molecule has 130 valence electrons. The van der Waals surface area contributed by atoms with Gasteiger partial charge >= 0.3 is 0 Å². The molecule has 0 fully saturated rings. The van der Waals surface area contributed by atoms with Crippen molar-refractivity contribution in [1.29, 1.82) is 0 Å². The van der Waals surface area contributed by atoms with Crippen molar-refractivity contribution in [2.75, 3.05) is 6.01 Å². The van der Waals surface area contributed by atoms with E-state index in [1.54, 1.807) is 0 Å². The summed E-state index contributed by atoms with van der Waals surface area (Å²) in [6.07, 6.45) is 4.87. The minimum absolute atomic E-state index is 0.0121. The van der Waals surface area contributed by atoms with Gasteiger partial charge in [-0.05, 0) is 55.5 Å². The Kier molecular flexibility index (Phi) is 6.18. The van der Waals surface area contributed by atoms with E-state index in [9.17, 15) is 17.2 Å². The molecule has 24 heavy (non-hydrogen) atoms. The summed E-state index contributed by atoms with van der Waals surface area (Å²) in [6, 6.07) is 2.31. The van der Waals surface area contributed by atoms with Crippen molar-refractivity contribution in [3.63, 3.8) is 0 Å². The topological polar surface area (TPSA) is 43.4 Å². The Labute approximate surface area is 145 Å². The van der Waals surface area contributed by atoms with Crippen molar-refractivity contribution in [1.82, 2.24) is 0 Å². The zero-order valence-electron chi connectivity index (χ0n) is 12.9. The molecular weight excluding hydrogens is 358 g/mol. The van der Waals surface area contributed by atoms with Crippen LogP contribution in [0.1, 0.15) is 25.7 Å². The van der Waals surface area contributed by atoms with E-state index >= 15 is 0 Å². The van der Waals surface area contributed by atoms with Crippen LogP contribution in [0, 0.1) is 5.82 Å². The summed E-state index contributed by atoms with van der Waals surface area (Å²) in [5, 5.41) is 0.176. The SMILES string of the molecule is C=C1CCCC/C(S(=O)(=O)CF)=C\C=C1Oc1cc(F)cc(Cl)c1. The molecule has 0 bridgehead atoms. The average molecular weight is 375 g/mol. The fourth-order valence-corrected chi connectivity index (χ4v) is 3.36. The van der Waals surface area contributed by atoms with Gasteiger partial charge in [-0.25, -0.2) is 17.2 Å². The van der Waals surface area contributed by atoms with Gasteiger partial charge in [-0.15, -0.1) is 0 Å². The Morgan fingerprint density at radius 2 is 1.88 bits per heavy atom. The van der Waals surface area contributed by atoms with Crippen molar-refractivity contribution >= 4 is 21.4 Å². The van der Waals surface area contributed by atoms with Crippen molar-refractivity contribution in [2.45, 2.75) is 25.7 Å². The summed E-state index contributed by atoms with van der Waals surface area (Å²) in [7, 11) is -3.92. The van der Waals surface area contributed by atoms with Gasteiger partial charge in [0.25, 0.3) is 0 Å². The van der Waals surface area contributed by atoms with Crippen molar-refractivity contribution in [2.24, 2.45) is 0 Å². The standard InChI is InChI=1S/C17H17ClF2O3S/c1-12-4-2-3-5-16(24(21,22)11-19)6-7-17(12)23-15-9-13(18)8-14(20)10-15/h6-10H,1-5,11H2/b16-6+,17-7?. The van der Waals surface area contributed by atoms with E-state index in [4.69, 9.17) is 16.3 Å². The molecule has 0 unspecified atom stereocenters. The molecule has 7 heteroatoms. The molecule has 0 saturated heterocycles. The molecule has 0 N–H and O–H groups in total. The highest BCUT2D eigenvalue weighted by atomic mass is 35.5. The molecule has 1 aliphatic rings. The summed E-state index contributed by atoms with van der Waals surface area (Å²) in [5.41, 5.74) is 0.644. The van der Waals surface area contributed by atoms with Gasteiger partial charge in [0, 0.05) is 16.0 Å². The monoisotopic (exact) mass is 374 g/mol. The maximum absolute atomic E-state index is 13.4. The molecule has 3 nitrogen and oxygen atoms in total. The van der Waals surface area contributed by atoms with Crippen LogP contribution in [0.2, 0.25) is 5.02 Å². The molecule has 0 spiro atoms. The number of halogens is 3. The number of rotatable bonds is 4. The van der Waals surface area contributed by atoms with Gasteiger partial charge in [-0.2, -0.15) is 0 Å². The third kappa shape index (κ3) is 4.92. The minimum Gasteiger partial charge on any atom is -0.457 e. The highest BCUT2D eigenvalue weighted by molar-refractivity contribution is 7.95. The molecule has 1 aliphatic carbocycles. The number of alkyl halides is 1. The molecule has 0 amide bonds. The second-order valence-corrected chi connectivity index (χ2v) is 7.81. The number of hydrogen-bond acceptors (Lipinski definition) is 3. The van der Waals surface area contributed by atoms with Crippen LogP contribution in [0.4, 0.5) is 8.78 Å². The number of hydrogen-bond donors (Lipinski definition) is 0. The first-order chi connectivity index (χ1) is 11.3. The van der Waals surface area contributed by atoms with Crippen molar-refractivity contribution in [3.05, 3.63) is 64.0 Å². The lowest BCUT2D eigenvalue weighted by atomic mass is 10.1. The van der Waals surface area contributed by atoms with E-state index in [1.165, 1.54) is 18.2 Å². The molecule has 0 atom stereocenters. The Balaban J connectivity index is 2.37. The molecule has 1 aromatic carbocycles. The van der Waals surface area contributed by atoms with Crippen LogP contribution in [0.25, 0.3) is 0 Å². The van der Waals surface area contributed by atoms with Crippen molar-refractivity contribution < 1.29 is 21.9 Å². The summed E-state index contributed by atoms with van der Waals surface area (Å²) in [6.45, 7) is 3.91. The van der Waals surface area contributed by atoms with E-state index < -0.39 is 21.7 Å². The Bertz CT molecular complexity index is 778. The molecule has 1 aromatic rings. The van der Waals surface area contributed by atoms with Crippen LogP contribution < -0.4 is 4.74 Å². The average Bonchev–Trinajstić information content (AvgIpc) is 2.59. The highest BCUT2D eigenvalue weighted by Gasteiger charge is 2.18. The fraction of sp³-hybridized carbons (Fsp3) is 0.294. The predicted molar refractivity (Wildman–Crippen MR) is 90.7 cm³/mol.